The largest absolute Gasteiger partial charge is 0.439 e. The molecule has 1 fully saturated rings. The Bertz CT molecular complexity index is 543. The van der Waals surface area contributed by atoms with Crippen LogP contribution in [0.3, 0.4) is 0 Å². The van der Waals surface area contributed by atoms with Crippen molar-refractivity contribution in [3.05, 3.63) is 29.1 Å². The Hall–Kier alpha value is -1.06. The molecule has 0 saturated heterocycles. The lowest BCUT2D eigenvalue weighted by molar-refractivity contribution is 0.327. The Morgan fingerprint density at radius 1 is 1.50 bits per heavy atom. The molecule has 3 nitrogen and oxygen atoms in total. The van der Waals surface area contributed by atoms with Gasteiger partial charge in [-0.15, -0.1) is 0 Å². The van der Waals surface area contributed by atoms with E-state index in [0.717, 1.165) is 23.9 Å². The fourth-order valence-electron chi connectivity index (χ4n) is 1.99. The van der Waals surface area contributed by atoms with Crippen molar-refractivity contribution in [3.8, 4) is 0 Å². The molecule has 4 heteroatoms. The van der Waals surface area contributed by atoms with Crippen LogP contribution in [0.25, 0.3) is 11.1 Å². The molecule has 0 bridgehead atoms. The van der Waals surface area contributed by atoms with Gasteiger partial charge in [0.2, 0.25) is 5.89 Å². The first-order valence-electron chi connectivity index (χ1n) is 5.43. The molecule has 0 aliphatic heterocycles. The molecule has 1 atom stereocenters. The highest BCUT2D eigenvalue weighted by Gasteiger charge is 2.43. The number of fused-ring (bicyclic) bond motifs is 1. The molecule has 2 aromatic rings. The van der Waals surface area contributed by atoms with Crippen molar-refractivity contribution in [2.75, 3.05) is 0 Å². The monoisotopic (exact) mass is 236 g/mol. The zero-order valence-corrected chi connectivity index (χ0v) is 9.79. The minimum absolute atomic E-state index is 0.453. The smallest absolute Gasteiger partial charge is 0.215 e. The van der Waals surface area contributed by atoms with Gasteiger partial charge in [0.05, 0.1) is 5.54 Å². The fraction of sp³-hybridized carbons (Fsp3) is 0.417. The number of aromatic nitrogens is 1. The van der Waals surface area contributed by atoms with Gasteiger partial charge < -0.3 is 10.2 Å². The quantitative estimate of drug-likeness (QED) is 0.872. The van der Waals surface area contributed by atoms with Crippen LogP contribution in [0.15, 0.2) is 22.6 Å². The summed E-state index contributed by atoms with van der Waals surface area (Å²) in [5.41, 5.74) is 7.33. The first kappa shape index (κ1) is 10.1. The van der Waals surface area contributed by atoms with E-state index in [2.05, 4.69) is 4.98 Å². The van der Waals surface area contributed by atoms with E-state index in [1.54, 1.807) is 12.1 Å². The third-order valence-electron chi connectivity index (χ3n) is 3.24. The molecule has 2 N–H and O–H groups in total. The van der Waals surface area contributed by atoms with Crippen molar-refractivity contribution >= 4 is 22.7 Å². The Kier molecular flexibility index (Phi) is 2.03. The van der Waals surface area contributed by atoms with Gasteiger partial charge in [-0.05, 0) is 43.9 Å². The summed E-state index contributed by atoms with van der Waals surface area (Å²) in [5, 5.41) is 0.664. The van der Waals surface area contributed by atoms with Crippen molar-refractivity contribution in [2.24, 2.45) is 11.7 Å². The highest BCUT2D eigenvalue weighted by molar-refractivity contribution is 6.31. The molecular formula is C12H13ClN2O. The maximum Gasteiger partial charge on any atom is 0.215 e. The lowest BCUT2D eigenvalue weighted by Gasteiger charge is -2.19. The van der Waals surface area contributed by atoms with Crippen LogP contribution in [0.5, 0.6) is 0 Å². The van der Waals surface area contributed by atoms with Gasteiger partial charge in [-0.3, -0.25) is 0 Å². The van der Waals surface area contributed by atoms with Crippen molar-refractivity contribution in [1.82, 2.24) is 4.98 Å². The van der Waals surface area contributed by atoms with E-state index in [4.69, 9.17) is 21.8 Å². The van der Waals surface area contributed by atoms with Gasteiger partial charge in [0.15, 0.2) is 5.58 Å². The van der Waals surface area contributed by atoms with Gasteiger partial charge in [0.25, 0.3) is 0 Å². The summed E-state index contributed by atoms with van der Waals surface area (Å²) < 4.78 is 5.69. The zero-order valence-electron chi connectivity index (χ0n) is 9.03. The summed E-state index contributed by atoms with van der Waals surface area (Å²) >= 11 is 5.90. The van der Waals surface area contributed by atoms with Gasteiger partial charge in [0.1, 0.15) is 5.52 Å². The molecule has 1 aliphatic carbocycles. The number of hydrogen-bond donors (Lipinski definition) is 1. The van der Waals surface area contributed by atoms with Crippen LogP contribution in [-0.2, 0) is 5.54 Å². The predicted octanol–water partition coefficient (Wildman–Crippen LogP) is 3.07. The number of nitrogens with zero attached hydrogens (tertiary/aromatic N) is 1. The molecular weight excluding hydrogens is 224 g/mol. The summed E-state index contributed by atoms with van der Waals surface area (Å²) in [7, 11) is 0. The number of hydrogen-bond acceptors (Lipinski definition) is 3. The molecule has 1 aromatic heterocycles. The summed E-state index contributed by atoms with van der Waals surface area (Å²) in [6.07, 6.45) is 2.32. The molecule has 1 heterocycles. The summed E-state index contributed by atoms with van der Waals surface area (Å²) in [4.78, 5) is 4.43. The van der Waals surface area contributed by atoms with Crippen LogP contribution in [0.2, 0.25) is 5.02 Å². The highest BCUT2D eigenvalue weighted by Crippen LogP contribution is 2.44. The van der Waals surface area contributed by atoms with Crippen molar-refractivity contribution in [3.63, 3.8) is 0 Å². The van der Waals surface area contributed by atoms with Crippen LogP contribution in [0.1, 0.15) is 25.7 Å². The molecule has 0 spiro atoms. The highest BCUT2D eigenvalue weighted by atomic mass is 35.5. The Morgan fingerprint density at radius 2 is 2.25 bits per heavy atom. The van der Waals surface area contributed by atoms with E-state index in [1.807, 2.05) is 13.0 Å². The molecule has 0 amide bonds. The predicted molar refractivity (Wildman–Crippen MR) is 63.3 cm³/mol. The number of oxazole rings is 1. The first-order valence-corrected chi connectivity index (χ1v) is 5.80. The molecule has 0 radical (unpaired) electrons. The Morgan fingerprint density at radius 3 is 2.94 bits per heavy atom. The molecule has 1 saturated carbocycles. The van der Waals surface area contributed by atoms with E-state index < -0.39 is 5.54 Å². The van der Waals surface area contributed by atoms with E-state index in [-0.39, 0.29) is 0 Å². The van der Waals surface area contributed by atoms with Crippen molar-refractivity contribution < 1.29 is 4.42 Å². The number of benzene rings is 1. The number of rotatable bonds is 2. The lowest BCUT2D eigenvalue weighted by atomic mass is 9.97. The van der Waals surface area contributed by atoms with Crippen LogP contribution in [-0.4, -0.2) is 4.98 Å². The number of halogens is 1. The van der Waals surface area contributed by atoms with E-state index >= 15 is 0 Å². The second kappa shape index (κ2) is 3.22. The maximum atomic E-state index is 6.26. The molecule has 3 rings (SSSR count). The minimum atomic E-state index is -0.453. The van der Waals surface area contributed by atoms with Gasteiger partial charge in [-0.25, -0.2) is 4.98 Å². The van der Waals surface area contributed by atoms with Gasteiger partial charge in [-0.2, -0.15) is 0 Å². The summed E-state index contributed by atoms with van der Waals surface area (Å²) in [6, 6.07) is 5.42. The lowest BCUT2D eigenvalue weighted by Crippen LogP contribution is -2.35. The SMILES string of the molecule is CC(N)(c1nc2cc(Cl)ccc2o1)C1CC1. The minimum Gasteiger partial charge on any atom is -0.439 e. The van der Waals surface area contributed by atoms with E-state index in [1.165, 1.54) is 0 Å². The normalized spacial score (nSPS) is 19.9. The van der Waals surface area contributed by atoms with Gasteiger partial charge >= 0.3 is 0 Å². The second-order valence-corrected chi connectivity index (χ2v) is 5.12. The van der Waals surface area contributed by atoms with Crippen molar-refractivity contribution in [2.45, 2.75) is 25.3 Å². The molecule has 16 heavy (non-hydrogen) atoms. The summed E-state index contributed by atoms with van der Waals surface area (Å²) in [6.45, 7) is 1.98. The van der Waals surface area contributed by atoms with Crippen molar-refractivity contribution in [1.29, 1.82) is 0 Å². The van der Waals surface area contributed by atoms with Gasteiger partial charge in [0, 0.05) is 5.02 Å². The third kappa shape index (κ3) is 1.51. The van der Waals surface area contributed by atoms with Crippen LogP contribution >= 0.6 is 11.6 Å². The Labute approximate surface area is 98.6 Å². The average molecular weight is 237 g/mol. The third-order valence-corrected chi connectivity index (χ3v) is 3.47. The summed E-state index contributed by atoms with van der Waals surface area (Å²) in [5.74, 6) is 1.11. The van der Waals surface area contributed by atoms with Crippen LogP contribution in [0.4, 0.5) is 0 Å². The average Bonchev–Trinajstić information content (AvgIpc) is 2.99. The standard InChI is InChI=1S/C12H13ClN2O/c1-12(14,7-2-3-7)11-15-9-6-8(13)4-5-10(9)16-11/h4-7H,2-3,14H2,1H3. The zero-order chi connectivity index (χ0) is 11.3. The van der Waals surface area contributed by atoms with Gasteiger partial charge in [-0.1, -0.05) is 11.6 Å². The van der Waals surface area contributed by atoms with Crippen LogP contribution < -0.4 is 5.73 Å². The molecule has 84 valence electrons. The van der Waals surface area contributed by atoms with E-state index in [0.29, 0.717) is 16.8 Å². The van der Waals surface area contributed by atoms with Crippen LogP contribution in [0, 0.1) is 5.92 Å². The molecule has 1 aromatic carbocycles. The fourth-order valence-corrected chi connectivity index (χ4v) is 2.15. The maximum absolute atomic E-state index is 6.26. The molecule has 1 aliphatic rings. The second-order valence-electron chi connectivity index (χ2n) is 4.69. The number of nitrogens with two attached hydrogens (primary N) is 1. The Balaban J connectivity index is 2.11. The first-order chi connectivity index (χ1) is 7.57. The van der Waals surface area contributed by atoms with E-state index in [9.17, 15) is 0 Å². The topological polar surface area (TPSA) is 52.0 Å². The molecule has 1 unspecified atom stereocenters.